The zero-order valence-electron chi connectivity index (χ0n) is 6.87. The summed E-state index contributed by atoms with van der Waals surface area (Å²) in [4.78, 5) is 0. The van der Waals surface area contributed by atoms with Gasteiger partial charge < -0.3 is 2.85 Å². The average Bonchev–Trinajstić information content (AvgIpc) is 1.50. The standard InChI is InChI=1S/2Co.2Li.2Mn.2Ni.2O.2H/q;;2*+1;;;;;;;2*-1. The van der Waals surface area contributed by atoms with Crippen LogP contribution < -0.4 is 37.7 Å². The van der Waals surface area contributed by atoms with Crippen molar-refractivity contribution in [3.05, 3.63) is 0 Å². The second-order valence-electron chi connectivity index (χ2n) is 0. The molecule has 0 fully saturated rings. The van der Waals surface area contributed by atoms with Gasteiger partial charge in [-0.05, 0) is 0 Å². The van der Waals surface area contributed by atoms with Crippen molar-refractivity contribution in [2.45, 2.75) is 0 Å². The summed E-state index contributed by atoms with van der Waals surface area (Å²) in [5, 5.41) is 0. The summed E-state index contributed by atoms with van der Waals surface area (Å²) < 4.78 is 16.1. The number of rotatable bonds is 0. The zero-order valence-corrected chi connectivity index (χ0v) is 11.3. The summed E-state index contributed by atoms with van der Waals surface area (Å²) in [6, 6.07) is 0. The van der Waals surface area contributed by atoms with Crippen LogP contribution in [0.25, 0.3) is 0 Å². The molecule has 0 saturated heterocycles. The molecule has 10 heteroatoms. The first-order valence-electron chi connectivity index (χ1n) is 0.309. The second kappa shape index (κ2) is 122. The van der Waals surface area contributed by atoms with E-state index in [4.69, 9.17) is 7.67 Å². The Morgan fingerprint density at radius 2 is 0.700 bits per heavy atom. The summed E-state index contributed by atoms with van der Waals surface area (Å²) >= 11 is 3.38. The van der Waals surface area contributed by atoms with Crippen LogP contribution in [0.2, 0.25) is 0 Å². The molecule has 0 atom stereocenters. The molecule has 0 aliphatic rings. The molecule has 0 aromatic carbocycles. The average molecular weight is 393 g/mol. The molecule has 2 nitrogen and oxygen atoms in total. The van der Waals surface area contributed by atoms with E-state index in [0.29, 0.717) is 0 Å². The molecule has 0 saturated carbocycles. The molecule has 0 spiro atoms. The molecule has 0 aromatic heterocycles. The van der Waals surface area contributed by atoms with Crippen molar-refractivity contribution < 1.29 is 147 Å². The summed E-state index contributed by atoms with van der Waals surface area (Å²) in [7, 11) is 0. The van der Waals surface area contributed by atoms with Gasteiger partial charge in [-0.15, -0.1) is 0 Å². The van der Waals surface area contributed by atoms with Gasteiger partial charge in [-0.25, -0.2) is 0 Å². The molecule has 10 heavy (non-hydrogen) atoms. The molecule has 0 aliphatic heterocycles. The fourth-order valence-electron chi connectivity index (χ4n) is 0. The van der Waals surface area contributed by atoms with Crippen molar-refractivity contribution in [2.24, 2.45) is 0 Å². The van der Waals surface area contributed by atoms with Crippen molar-refractivity contribution in [3.63, 3.8) is 0 Å². The van der Waals surface area contributed by atoms with Crippen LogP contribution in [0, 0.1) is 0 Å². The van der Waals surface area contributed by atoms with Crippen molar-refractivity contribution in [3.8, 4) is 0 Å². The van der Waals surface area contributed by atoms with Crippen molar-refractivity contribution in [2.75, 3.05) is 0 Å². The second-order valence-corrected chi connectivity index (χ2v) is 0. The molecule has 0 rings (SSSR count). The van der Waals surface area contributed by atoms with Gasteiger partial charge in [0, 0.05) is 66.5 Å². The quantitative estimate of drug-likeness (QED) is 0.385. The van der Waals surface area contributed by atoms with Gasteiger partial charge in [0.2, 0.25) is 0 Å². The molecular weight excluding hydrogens is 391 g/mol. The van der Waals surface area contributed by atoms with E-state index in [-0.39, 0.29) is 107 Å². The Kier molecular flexibility index (Phi) is 819. The van der Waals surface area contributed by atoms with Crippen molar-refractivity contribution in [1.82, 2.24) is 0 Å². The first-order valence-corrected chi connectivity index (χ1v) is 1.27. The Morgan fingerprint density at radius 3 is 0.700 bits per heavy atom. The monoisotopic (exact) mass is 392 g/mol. The summed E-state index contributed by atoms with van der Waals surface area (Å²) in [5.41, 5.74) is 0. The first-order chi connectivity index (χ1) is 2.00. The molecule has 0 aromatic rings. The van der Waals surface area contributed by atoms with Gasteiger partial charge in [0.05, 0.1) is 0 Å². The van der Waals surface area contributed by atoms with Crippen LogP contribution in [0.15, 0.2) is 0 Å². The number of hydrogen-bond donors (Lipinski definition) is 0. The van der Waals surface area contributed by atoms with Gasteiger partial charge in [0.25, 0.3) is 0 Å². The van der Waals surface area contributed by atoms with E-state index in [1.165, 1.54) is 0 Å². The molecule has 0 N–H and O–H groups in total. The van der Waals surface area contributed by atoms with E-state index in [1.54, 1.807) is 31.9 Å². The minimum absolute atomic E-state index is 0. The molecule has 0 aliphatic carbocycles. The maximum atomic E-state index is 8.06. The Balaban J connectivity index is -0.000000000500. The van der Waals surface area contributed by atoms with Crippen LogP contribution in [0.5, 0.6) is 0 Å². The molecule has 2 radical (unpaired) electrons. The van der Waals surface area contributed by atoms with Crippen LogP contribution in [-0.2, 0) is 106 Å². The van der Waals surface area contributed by atoms with Gasteiger partial charge in [-0.3, -0.25) is 0 Å². The first kappa shape index (κ1) is 67.0. The third kappa shape index (κ3) is 94.5. The molecule has 68 valence electrons. The fourth-order valence-corrected chi connectivity index (χ4v) is 0. The molecular formula is H2Co2Li2Mn2Ni2O2. The van der Waals surface area contributed by atoms with E-state index in [0.717, 1.165) is 0 Å². The van der Waals surface area contributed by atoms with Gasteiger partial charge in [-0.2, -0.15) is 0 Å². The van der Waals surface area contributed by atoms with E-state index < -0.39 is 0 Å². The zero-order chi connectivity index (χ0) is 4.00. The third-order valence-electron chi connectivity index (χ3n) is 0. The van der Waals surface area contributed by atoms with Gasteiger partial charge in [0.1, 0.15) is 0 Å². The van der Waals surface area contributed by atoms with E-state index >= 15 is 0 Å². The van der Waals surface area contributed by atoms with Crippen LogP contribution >= 0.6 is 0 Å². The summed E-state index contributed by atoms with van der Waals surface area (Å²) in [6.45, 7) is 0. The van der Waals surface area contributed by atoms with Crippen LogP contribution in [0.1, 0.15) is 2.85 Å². The topological polar surface area (TPSA) is 34.1 Å². The van der Waals surface area contributed by atoms with Gasteiger partial charge >= 0.3 is 77.3 Å². The SMILES string of the molecule is [Co].[Co].[H-].[H-].[Li+].[Li+].[Ni].[Ni].[O]=[Mn].[O]=[Mn]. The Hall–Kier alpha value is 3.83. The normalized spacial score (nSPS) is 0.800. The minimum atomic E-state index is 0. The Bertz CT molecular complexity index is 33.0. The molecule has 0 amide bonds. The van der Waals surface area contributed by atoms with E-state index in [1.807, 2.05) is 0 Å². The molecule has 0 bridgehead atoms. The number of hydrogen-bond acceptors (Lipinski definition) is 2. The fraction of sp³-hybridized carbons (Fsp3) is 0. The van der Waals surface area contributed by atoms with E-state index in [2.05, 4.69) is 0 Å². The van der Waals surface area contributed by atoms with Crippen molar-refractivity contribution in [1.29, 1.82) is 0 Å². The maximum absolute atomic E-state index is 8.06. The predicted molar refractivity (Wildman–Crippen MR) is 3.60 cm³/mol. The van der Waals surface area contributed by atoms with Crippen LogP contribution in [0.3, 0.4) is 0 Å². The van der Waals surface area contributed by atoms with Gasteiger partial charge in [0.15, 0.2) is 0 Å². The molecule has 0 unspecified atom stereocenters. The summed E-state index contributed by atoms with van der Waals surface area (Å²) in [5.74, 6) is 0. The Labute approximate surface area is 144 Å². The van der Waals surface area contributed by atoms with Crippen LogP contribution in [0.4, 0.5) is 0 Å². The van der Waals surface area contributed by atoms with Gasteiger partial charge in [-0.1, -0.05) is 0 Å². The third-order valence-corrected chi connectivity index (χ3v) is 0. The molecule has 0 heterocycles. The Morgan fingerprint density at radius 1 is 0.700 bits per heavy atom. The summed E-state index contributed by atoms with van der Waals surface area (Å²) in [6.07, 6.45) is 0. The predicted octanol–water partition coefficient (Wildman–Crippen LogP) is -6.02. The van der Waals surface area contributed by atoms with Crippen molar-refractivity contribution >= 4 is 0 Å². The van der Waals surface area contributed by atoms with Crippen LogP contribution in [-0.4, -0.2) is 0 Å². The van der Waals surface area contributed by atoms with E-state index in [9.17, 15) is 0 Å².